The van der Waals surface area contributed by atoms with Crippen LogP contribution in [0.2, 0.25) is 5.02 Å². The molecule has 2 aromatic heterocycles. The van der Waals surface area contributed by atoms with Crippen LogP contribution < -0.4 is 16.3 Å². The molecule has 1 aromatic carbocycles. The van der Waals surface area contributed by atoms with E-state index in [-0.39, 0.29) is 17.6 Å². The SMILES string of the molecule is O=C(NCCn1c(=O)[nH]c2cc(Cl)ccc21)c1cnc(C2CCCN2)nc1. The van der Waals surface area contributed by atoms with Crippen molar-refractivity contribution in [1.29, 1.82) is 0 Å². The van der Waals surface area contributed by atoms with Crippen molar-refractivity contribution in [2.75, 3.05) is 13.1 Å². The Kier molecular flexibility index (Phi) is 4.91. The molecule has 27 heavy (non-hydrogen) atoms. The van der Waals surface area contributed by atoms with Crippen LogP contribution in [0, 0.1) is 0 Å². The van der Waals surface area contributed by atoms with Gasteiger partial charge in [-0.3, -0.25) is 9.36 Å². The molecule has 3 N–H and O–H groups in total. The number of H-pyrrole nitrogens is 1. The standard InChI is InChI=1S/C18H19ClN6O2/c19-12-3-4-15-14(8-12)24-18(27)25(15)7-6-21-17(26)11-9-22-16(23-10-11)13-2-1-5-20-13/h3-4,8-10,13,20H,1-2,5-7H2,(H,21,26)(H,24,27). The molecule has 1 unspecified atom stereocenters. The molecule has 3 aromatic rings. The quantitative estimate of drug-likeness (QED) is 0.618. The molecule has 1 fully saturated rings. The Morgan fingerprint density at radius 2 is 2.15 bits per heavy atom. The van der Waals surface area contributed by atoms with E-state index in [1.54, 1.807) is 22.8 Å². The number of fused-ring (bicyclic) bond motifs is 1. The van der Waals surface area contributed by atoms with Crippen molar-refractivity contribution >= 4 is 28.5 Å². The second-order valence-electron chi connectivity index (χ2n) is 6.48. The third-order valence-corrected chi connectivity index (χ3v) is 4.90. The van der Waals surface area contributed by atoms with Crippen LogP contribution in [0.3, 0.4) is 0 Å². The van der Waals surface area contributed by atoms with Crippen molar-refractivity contribution in [1.82, 2.24) is 30.2 Å². The number of nitrogens with one attached hydrogen (secondary N) is 3. The monoisotopic (exact) mass is 386 g/mol. The maximum atomic E-state index is 12.3. The van der Waals surface area contributed by atoms with Crippen LogP contribution in [-0.4, -0.2) is 38.5 Å². The number of carbonyl (C=O) groups is 1. The number of aromatic nitrogens is 4. The highest BCUT2D eigenvalue weighted by molar-refractivity contribution is 6.31. The topological polar surface area (TPSA) is 105 Å². The van der Waals surface area contributed by atoms with E-state index in [0.717, 1.165) is 24.9 Å². The number of carbonyl (C=O) groups excluding carboxylic acids is 1. The minimum absolute atomic E-state index is 0.171. The van der Waals surface area contributed by atoms with Crippen molar-refractivity contribution in [3.05, 3.63) is 57.5 Å². The number of benzene rings is 1. The zero-order valence-corrected chi connectivity index (χ0v) is 15.3. The molecule has 9 heteroatoms. The van der Waals surface area contributed by atoms with Crippen LogP contribution in [0.4, 0.5) is 0 Å². The third-order valence-electron chi connectivity index (χ3n) is 4.66. The van der Waals surface area contributed by atoms with E-state index in [4.69, 9.17) is 11.6 Å². The lowest BCUT2D eigenvalue weighted by Gasteiger charge is -2.09. The van der Waals surface area contributed by atoms with Crippen LogP contribution in [0.15, 0.2) is 35.4 Å². The van der Waals surface area contributed by atoms with Crippen molar-refractivity contribution in [3.63, 3.8) is 0 Å². The Morgan fingerprint density at radius 1 is 1.33 bits per heavy atom. The number of nitrogens with zero attached hydrogens (tertiary/aromatic N) is 3. The largest absolute Gasteiger partial charge is 0.350 e. The zero-order chi connectivity index (χ0) is 18.8. The van der Waals surface area contributed by atoms with E-state index in [0.29, 0.717) is 35.0 Å². The van der Waals surface area contributed by atoms with E-state index in [2.05, 4.69) is 25.6 Å². The lowest BCUT2D eigenvalue weighted by atomic mass is 10.2. The molecule has 0 saturated carbocycles. The van der Waals surface area contributed by atoms with Crippen LogP contribution >= 0.6 is 11.6 Å². The summed E-state index contributed by atoms with van der Waals surface area (Å²) in [6.45, 7) is 1.62. The summed E-state index contributed by atoms with van der Waals surface area (Å²) in [5, 5.41) is 6.68. The maximum Gasteiger partial charge on any atom is 0.326 e. The summed E-state index contributed by atoms with van der Waals surface area (Å²) in [5.41, 5.74) is 1.58. The normalized spacial score (nSPS) is 16.7. The van der Waals surface area contributed by atoms with Gasteiger partial charge >= 0.3 is 5.69 Å². The molecule has 1 atom stereocenters. The number of hydrogen-bond donors (Lipinski definition) is 3. The molecular formula is C18H19ClN6O2. The Balaban J connectivity index is 1.38. The van der Waals surface area contributed by atoms with Gasteiger partial charge in [0, 0.05) is 30.5 Å². The van der Waals surface area contributed by atoms with Crippen molar-refractivity contribution in [2.24, 2.45) is 0 Å². The first-order valence-electron chi connectivity index (χ1n) is 8.83. The van der Waals surface area contributed by atoms with Gasteiger partial charge in [0.1, 0.15) is 5.82 Å². The Hall–Kier alpha value is -2.71. The van der Waals surface area contributed by atoms with Gasteiger partial charge in [0.25, 0.3) is 5.91 Å². The summed E-state index contributed by atoms with van der Waals surface area (Å²) in [6.07, 6.45) is 5.20. The van der Waals surface area contributed by atoms with Gasteiger partial charge in [-0.1, -0.05) is 11.6 Å². The lowest BCUT2D eigenvalue weighted by Crippen LogP contribution is -2.30. The van der Waals surface area contributed by atoms with Gasteiger partial charge in [-0.05, 0) is 37.6 Å². The molecule has 0 spiro atoms. The summed E-state index contributed by atoms with van der Waals surface area (Å²) >= 11 is 5.94. The molecule has 1 saturated heterocycles. The van der Waals surface area contributed by atoms with Gasteiger partial charge in [-0.25, -0.2) is 14.8 Å². The van der Waals surface area contributed by atoms with E-state index >= 15 is 0 Å². The molecule has 0 radical (unpaired) electrons. The first-order chi connectivity index (χ1) is 13.1. The fourth-order valence-electron chi connectivity index (χ4n) is 3.28. The number of rotatable bonds is 5. The summed E-state index contributed by atoms with van der Waals surface area (Å²) in [4.78, 5) is 35.7. The van der Waals surface area contributed by atoms with E-state index in [1.807, 2.05) is 0 Å². The number of halogens is 1. The van der Waals surface area contributed by atoms with Crippen molar-refractivity contribution in [2.45, 2.75) is 25.4 Å². The molecule has 0 aliphatic carbocycles. The molecular weight excluding hydrogens is 368 g/mol. The molecule has 8 nitrogen and oxygen atoms in total. The second-order valence-corrected chi connectivity index (χ2v) is 6.91. The molecule has 3 heterocycles. The van der Waals surface area contributed by atoms with Gasteiger partial charge < -0.3 is 15.6 Å². The van der Waals surface area contributed by atoms with Gasteiger partial charge in [-0.2, -0.15) is 0 Å². The van der Waals surface area contributed by atoms with E-state index < -0.39 is 0 Å². The van der Waals surface area contributed by atoms with Crippen LogP contribution in [0.25, 0.3) is 11.0 Å². The fraction of sp³-hybridized carbons (Fsp3) is 0.333. The molecule has 4 rings (SSSR count). The molecule has 140 valence electrons. The highest BCUT2D eigenvalue weighted by Gasteiger charge is 2.19. The van der Waals surface area contributed by atoms with Crippen LogP contribution in [0.5, 0.6) is 0 Å². The summed E-state index contributed by atoms with van der Waals surface area (Å²) < 4.78 is 1.57. The third kappa shape index (κ3) is 3.72. The second kappa shape index (κ2) is 7.50. The maximum absolute atomic E-state index is 12.3. The van der Waals surface area contributed by atoms with Gasteiger partial charge in [0.15, 0.2) is 0 Å². The van der Waals surface area contributed by atoms with Crippen molar-refractivity contribution in [3.8, 4) is 0 Å². The van der Waals surface area contributed by atoms with Gasteiger partial charge in [0.05, 0.1) is 22.6 Å². The highest BCUT2D eigenvalue weighted by Crippen LogP contribution is 2.19. The minimum Gasteiger partial charge on any atom is -0.350 e. The molecule has 1 aliphatic heterocycles. The molecule has 0 bridgehead atoms. The Bertz CT molecular complexity index is 1020. The van der Waals surface area contributed by atoms with Crippen LogP contribution in [0.1, 0.15) is 35.1 Å². The summed E-state index contributed by atoms with van der Waals surface area (Å²) in [5.74, 6) is 0.449. The number of amides is 1. The zero-order valence-electron chi connectivity index (χ0n) is 14.5. The first kappa shape index (κ1) is 17.7. The van der Waals surface area contributed by atoms with Crippen LogP contribution in [-0.2, 0) is 6.54 Å². The summed E-state index contributed by atoms with van der Waals surface area (Å²) in [6, 6.07) is 5.38. The van der Waals surface area contributed by atoms with Crippen molar-refractivity contribution < 1.29 is 4.79 Å². The predicted octanol–water partition coefficient (Wildman–Crippen LogP) is 1.63. The molecule has 1 aliphatic rings. The molecule has 1 amide bonds. The van der Waals surface area contributed by atoms with Gasteiger partial charge in [-0.15, -0.1) is 0 Å². The van der Waals surface area contributed by atoms with E-state index in [1.165, 1.54) is 12.4 Å². The summed E-state index contributed by atoms with van der Waals surface area (Å²) in [7, 11) is 0. The number of aromatic amines is 1. The number of imidazole rings is 1. The highest BCUT2D eigenvalue weighted by atomic mass is 35.5. The predicted molar refractivity (Wildman–Crippen MR) is 102 cm³/mol. The first-order valence-corrected chi connectivity index (χ1v) is 9.21. The smallest absolute Gasteiger partial charge is 0.326 e. The van der Waals surface area contributed by atoms with E-state index in [9.17, 15) is 9.59 Å². The Labute approximate surface area is 160 Å². The number of hydrogen-bond acceptors (Lipinski definition) is 5. The fourth-order valence-corrected chi connectivity index (χ4v) is 3.45. The minimum atomic E-state index is -0.267. The average Bonchev–Trinajstić information content (AvgIpc) is 3.30. The lowest BCUT2D eigenvalue weighted by molar-refractivity contribution is 0.0951. The van der Waals surface area contributed by atoms with Gasteiger partial charge in [0.2, 0.25) is 0 Å². The average molecular weight is 387 g/mol. The Morgan fingerprint density at radius 3 is 2.89 bits per heavy atom.